The lowest BCUT2D eigenvalue weighted by molar-refractivity contribution is 0.393. The monoisotopic (exact) mass is 207 g/mol. The van der Waals surface area contributed by atoms with E-state index in [0.29, 0.717) is 11.8 Å². The fourth-order valence-electron chi connectivity index (χ4n) is 1.96. The third kappa shape index (κ3) is 2.07. The average molecular weight is 207 g/mol. The van der Waals surface area contributed by atoms with Gasteiger partial charge >= 0.3 is 0 Å². The molecule has 3 heteroatoms. The highest BCUT2D eigenvalue weighted by Gasteiger charge is 2.37. The predicted molar refractivity (Wildman–Crippen MR) is 59.4 cm³/mol. The summed E-state index contributed by atoms with van der Waals surface area (Å²) >= 11 is 0. The second kappa shape index (κ2) is 4.11. The van der Waals surface area contributed by atoms with Crippen molar-refractivity contribution in [3.8, 4) is 11.5 Å². The first-order chi connectivity index (χ1) is 7.28. The lowest BCUT2D eigenvalue weighted by Crippen LogP contribution is -2.02. The Morgan fingerprint density at radius 1 is 1.20 bits per heavy atom. The number of hydrogen-bond donors (Lipinski definition) is 1. The molecule has 1 aromatic carbocycles. The van der Waals surface area contributed by atoms with Crippen LogP contribution in [0, 0.1) is 5.92 Å². The van der Waals surface area contributed by atoms with Crippen LogP contribution in [0.3, 0.4) is 0 Å². The number of rotatable bonds is 4. The molecule has 0 aliphatic heterocycles. The first-order valence-electron chi connectivity index (χ1n) is 5.21. The molecule has 3 nitrogen and oxygen atoms in total. The maximum Gasteiger partial charge on any atom is 0.122 e. The number of ether oxygens (including phenoxy) is 2. The van der Waals surface area contributed by atoms with Gasteiger partial charge in [-0.1, -0.05) is 0 Å². The highest BCUT2D eigenvalue weighted by Crippen LogP contribution is 2.48. The fourth-order valence-corrected chi connectivity index (χ4v) is 1.96. The molecule has 0 unspecified atom stereocenters. The molecule has 0 saturated heterocycles. The Morgan fingerprint density at radius 3 is 2.20 bits per heavy atom. The lowest BCUT2D eigenvalue weighted by Gasteiger charge is -2.07. The van der Waals surface area contributed by atoms with E-state index in [1.165, 1.54) is 12.0 Å². The number of methoxy groups -OCH3 is 2. The van der Waals surface area contributed by atoms with Crippen LogP contribution >= 0.6 is 0 Å². The number of hydrogen-bond acceptors (Lipinski definition) is 3. The molecule has 1 fully saturated rings. The average Bonchev–Trinajstić information content (AvgIpc) is 3.07. The minimum absolute atomic E-state index is 0.596. The molecule has 0 spiro atoms. The van der Waals surface area contributed by atoms with Crippen molar-refractivity contribution in [2.24, 2.45) is 11.7 Å². The molecule has 0 heterocycles. The molecule has 0 aromatic heterocycles. The Kier molecular flexibility index (Phi) is 2.82. The highest BCUT2D eigenvalue weighted by molar-refractivity contribution is 5.41. The van der Waals surface area contributed by atoms with Crippen LogP contribution in [0.2, 0.25) is 0 Å². The maximum absolute atomic E-state index is 5.64. The zero-order chi connectivity index (χ0) is 10.8. The summed E-state index contributed by atoms with van der Waals surface area (Å²) in [6.07, 6.45) is 1.19. The highest BCUT2D eigenvalue weighted by atomic mass is 16.5. The van der Waals surface area contributed by atoms with Gasteiger partial charge in [0.25, 0.3) is 0 Å². The molecule has 2 atom stereocenters. The van der Waals surface area contributed by atoms with Gasteiger partial charge in [-0.25, -0.2) is 0 Å². The van der Waals surface area contributed by atoms with Gasteiger partial charge in [0.15, 0.2) is 0 Å². The normalized spacial score (nSPS) is 23.7. The third-order valence-corrected chi connectivity index (χ3v) is 3.03. The topological polar surface area (TPSA) is 44.5 Å². The summed E-state index contributed by atoms with van der Waals surface area (Å²) in [4.78, 5) is 0. The zero-order valence-corrected chi connectivity index (χ0v) is 9.19. The minimum Gasteiger partial charge on any atom is -0.497 e. The van der Waals surface area contributed by atoms with Gasteiger partial charge in [0, 0.05) is 6.07 Å². The zero-order valence-electron chi connectivity index (χ0n) is 9.19. The Morgan fingerprint density at radius 2 is 1.80 bits per heavy atom. The summed E-state index contributed by atoms with van der Waals surface area (Å²) < 4.78 is 10.5. The van der Waals surface area contributed by atoms with Gasteiger partial charge in [0.1, 0.15) is 11.5 Å². The third-order valence-electron chi connectivity index (χ3n) is 3.03. The van der Waals surface area contributed by atoms with Gasteiger partial charge < -0.3 is 15.2 Å². The van der Waals surface area contributed by atoms with E-state index < -0.39 is 0 Å². The quantitative estimate of drug-likeness (QED) is 0.818. The molecular weight excluding hydrogens is 190 g/mol. The molecule has 15 heavy (non-hydrogen) atoms. The molecule has 0 bridgehead atoms. The van der Waals surface area contributed by atoms with Gasteiger partial charge in [-0.3, -0.25) is 0 Å². The van der Waals surface area contributed by atoms with Gasteiger partial charge in [-0.2, -0.15) is 0 Å². The molecule has 2 rings (SSSR count). The Balaban J connectivity index is 2.23. The number of benzene rings is 1. The molecule has 0 radical (unpaired) electrons. The standard InChI is InChI=1S/C12H17NO2/c1-14-10-3-8(4-11(6-10)15-2)12-5-9(12)7-13/h3-4,6,9,12H,5,7,13H2,1-2H3/t9-,12+/m1/s1. The van der Waals surface area contributed by atoms with Crippen LogP contribution in [0.1, 0.15) is 17.9 Å². The van der Waals surface area contributed by atoms with Crippen molar-refractivity contribution in [3.05, 3.63) is 23.8 Å². The molecular formula is C12H17NO2. The van der Waals surface area contributed by atoms with E-state index in [4.69, 9.17) is 15.2 Å². The number of nitrogens with two attached hydrogens (primary N) is 1. The van der Waals surface area contributed by atoms with Crippen molar-refractivity contribution in [1.82, 2.24) is 0 Å². The second-order valence-electron chi connectivity index (χ2n) is 3.98. The van der Waals surface area contributed by atoms with E-state index in [1.807, 2.05) is 6.07 Å². The van der Waals surface area contributed by atoms with Crippen molar-refractivity contribution in [3.63, 3.8) is 0 Å². The lowest BCUT2D eigenvalue weighted by atomic mass is 10.1. The van der Waals surface area contributed by atoms with Gasteiger partial charge in [-0.15, -0.1) is 0 Å². The first kappa shape index (κ1) is 10.3. The smallest absolute Gasteiger partial charge is 0.122 e. The van der Waals surface area contributed by atoms with Crippen LogP contribution in [0.5, 0.6) is 11.5 Å². The summed E-state index contributed by atoms with van der Waals surface area (Å²) in [5.74, 6) is 2.94. The SMILES string of the molecule is COc1cc(OC)cc([C@@H]2C[C@@H]2CN)c1. The van der Waals surface area contributed by atoms with E-state index in [2.05, 4.69) is 12.1 Å². The molecule has 1 aliphatic carbocycles. The van der Waals surface area contributed by atoms with Crippen molar-refractivity contribution in [2.45, 2.75) is 12.3 Å². The van der Waals surface area contributed by atoms with Gasteiger partial charge in [0.2, 0.25) is 0 Å². The largest absolute Gasteiger partial charge is 0.497 e. The van der Waals surface area contributed by atoms with Crippen molar-refractivity contribution in [2.75, 3.05) is 20.8 Å². The Labute approximate surface area is 90.2 Å². The van der Waals surface area contributed by atoms with Crippen LogP contribution in [-0.4, -0.2) is 20.8 Å². The Bertz CT molecular complexity index is 329. The van der Waals surface area contributed by atoms with Crippen LogP contribution in [0.4, 0.5) is 0 Å². The van der Waals surface area contributed by atoms with E-state index in [0.717, 1.165) is 18.0 Å². The molecule has 1 aromatic rings. The summed E-state index contributed by atoms with van der Waals surface area (Å²) in [5.41, 5.74) is 6.92. The van der Waals surface area contributed by atoms with Crippen molar-refractivity contribution < 1.29 is 9.47 Å². The van der Waals surface area contributed by atoms with Crippen molar-refractivity contribution in [1.29, 1.82) is 0 Å². The van der Waals surface area contributed by atoms with Crippen LogP contribution in [0.25, 0.3) is 0 Å². The van der Waals surface area contributed by atoms with E-state index in [1.54, 1.807) is 14.2 Å². The molecule has 1 saturated carbocycles. The molecule has 1 aliphatic rings. The van der Waals surface area contributed by atoms with Crippen molar-refractivity contribution >= 4 is 0 Å². The van der Waals surface area contributed by atoms with Crippen LogP contribution in [-0.2, 0) is 0 Å². The van der Waals surface area contributed by atoms with E-state index in [-0.39, 0.29) is 0 Å². The Hall–Kier alpha value is -1.22. The summed E-state index contributed by atoms with van der Waals surface area (Å²) in [5, 5.41) is 0. The summed E-state index contributed by atoms with van der Waals surface area (Å²) in [6.45, 7) is 0.768. The first-order valence-corrected chi connectivity index (χ1v) is 5.21. The maximum atomic E-state index is 5.64. The molecule has 0 amide bonds. The summed E-state index contributed by atoms with van der Waals surface area (Å²) in [6, 6.07) is 6.04. The van der Waals surface area contributed by atoms with Crippen LogP contribution < -0.4 is 15.2 Å². The van der Waals surface area contributed by atoms with E-state index >= 15 is 0 Å². The second-order valence-corrected chi connectivity index (χ2v) is 3.98. The van der Waals surface area contributed by atoms with Crippen LogP contribution in [0.15, 0.2) is 18.2 Å². The molecule has 2 N–H and O–H groups in total. The van der Waals surface area contributed by atoms with Gasteiger partial charge in [-0.05, 0) is 42.5 Å². The predicted octanol–water partition coefficient (Wildman–Crippen LogP) is 1.77. The van der Waals surface area contributed by atoms with E-state index in [9.17, 15) is 0 Å². The summed E-state index contributed by atoms with van der Waals surface area (Å²) in [7, 11) is 3.34. The molecule has 82 valence electrons. The minimum atomic E-state index is 0.596. The van der Waals surface area contributed by atoms with Gasteiger partial charge in [0.05, 0.1) is 14.2 Å². The fraction of sp³-hybridized carbons (Fsp3) is 0.500.